The zero-order chi connectivity index (χ0) is 11.5. The summed E-state index contributed by atoms with van der Waals surface area (Å²) in [6, 6.07) is -0.0135. The van der Waals surface area contributed by atoms with Crippen molar-refractivity contribution in [3.8, 4) is 0 Å². The molecule has 0 heterocycles. The molecule has 1 aliphatic carbocycles. The molecule has 1 saturated carbocycles. The Kier molecular flexibility index (Phi) is 3.96. The average molecular weight is 224 g/mol. The van der Waals surface area contributed by atoms with Crippen LogP contribution in [0, 0.1) is 0 Å². The van der Waals surface area contributed by atoms with Crippen molar-refractivity contribution in [1.82, 2.24) is 5.32 Å². The Bertz CT molecular complexity index is 222. The molecule has 1 amide bonds. The molecule has 0 aromatic heterocycles. The van der Waals surface area contributed by atoms with E-state index in [1.54, 1.807) is 0 Å². The Balaban J connectivity index is 2.27. The Morgan fingerprint density at radius 1 is 1.27 bits per heavy atom. The van der Waals surface area contributed by atoms with Crippen molar-refractivity contribution in [1.29, 1.82) is 0 Å². The number of alkyl halides is 3. The molecule has 0 saturated heterocycles. The number of rotatable bonds is 2. The maximum atomic E-state index is 11.8. The predicted octanol–water partition coefficient (Wildman–Crippen LogP) is 1.32. The summed E-state index contributed by atoms with van der Waals surface area (Å²) in [4.78, 5) is 10.9. The number of nitrogens with one attached hydrogen (secondary N) is 1. The van der Waals surface area contributed by atoms with Crippen molar-refractivity contribution in [2.75, 3.05) is 0 Å². The van der Waals surface area contributed by atoms with E-state index in [9.17, 15) is 18.0 Å². The van der Waals surface area contributed by atoms with Crippen LogP contribution in [-0.2, 0) is 4.79 Å². The molecular formula is C9H15F3N2O. The fourth-order valence-electron chi connectivity index (χ4n) is 1.72. The van der Waals surface area contributed by atoms with Gasteiger partial charge in [-0.2, -0.15) is 13.2 Å². The second-order valence-electron chi connectivity index (χ2n) is 3.97. The number of hydrogen-bond donors (Lipinski definition) is 2. The summed E-state index contributed by atoms with van der Waals surface area (Å²) in [5.74, 6) is -0.942. The third-order valence-corrected chi connectivity index (χ3v) is 2.50. The number of nitrogens with two attached hydrogens (primary N) is 1. The minimum atomic E-state index is -4.42. The van der Waals surface area contributed by atoms with Gasteiger partial charge in [-0.15, -0.1) is 0 Å². The molecule has 1 aliphatic rings. The van der Waals surface area contributed by atoms with Gasteiger partial charge in [0.15, 0.2) is 0 Å². The lowest BCUT2D eigenvalue weighted by molar-refractivity contribution is -0.154. The smallest absolute Gasteiger partial charge is 0.353 e. The summed E-state index contributed by atoms with van der Waals surface area (Å²) in [5.41, 5.74) is 5.64. The number of hydrogen-bond acceptors (Lipinski definition) is 2. The van der Waals surface area contributed by atoms with Crippen LogP contribution in [0.2, 0.25) is 0 Å². The number of carbonyl (C=O) groups excluding carboxylic acids is 1. The van der Waals surface area contributed by atoms with Gasteiger partial charge in [-0.25, -0.2) is 0 Å². The number of carbonyl (C=O) groups is 1. The van der Waals surface area contributed by atoms with E-state index >= 15 is 0 Å². The fraction of sp³-hybridized carbons (Fsp3) is 0.889. The van der Waals surface area contributed by atoms with Crippen LogP contribution in [0.1, 0.15) is 32.1 Å². The molecule has 1 rings (SSSR count). The molecule has 0 bridgehead atoms. The van der Waals surface area contributed by atoms with Gasteiger partial charge in [0.1, 0.15) is 6.42 Å². The van der Waals surface area contributed by atoms with Gasteiger partial charge in [0.2, 0.25) is 5.91 Å². The highest BCUT2D eigenvalue weighted by atomic mass is 19.4. The molecule has 0 atom stereocenters. The molecular weight excluding hydrogens is 209 g/mol. The minimum Gasteiger partial charge on any atom is -0.353 e. The highest BCUT2D eigenvalue weighted by molar-refractivity contribution is 5.76. The van der Waals surface area contributed by atoms with Gasteiger partial charge in [-0.1, -0.05) is 0 Å². The Morgan fingerprint density at radius 2 is 1.80 bits per heavy atom. The van der Waals surface area contributed by atoms with E-state index in [-0.39, 0.29) is 12.1 Å². The summed E-state index contributed by atoms with van der Waals surface area (Å²) in [5, 5.41) is 2.38. The second-order valence-corrected chi connectivity index (χ2v) is 3.97. The normalized spacial score (nSPS) is 27.5. The highest BCUT2D eigenvalue weighted by Gasteiger charge is 2.32. The Labute approximate surface area is 86.2 Å². The van der Waals surface area contributed by atoms with Crippen LogP contribution in [0.4, 0.5) is 13.2 Å². The second kappa shape index (κ2) is 4.83. The molecule has 3 nitrogen and oxygen atoms in total. The van der Waals surface area contributed by atoms with Gasteiger partial charge in [0.05, 0.1) is 0 Å². The molecule has 6 heteroatoms. The largest absolute Gasteiger partial charge is 0.397 e. The molecule has 88 valence electrons. The van der Waals surface area contributed by atoms with Crippen molar-refractivity contribution >= 4 is 5.91 Å². The van der Waals surface area contributed by atoms with Gasteiger partial charge in [-0.3, -0.25) is 4.79 Å². The van der Waals surface area contributed by atoms with E-state index in [1.165, 1.54) is 0 Å². The highest BCUT2D eigenvalue weighted by Crippen LogP contribution is 2.21. The molecule has 1 fully saturated rings. The van der Waals surface area contributed by atoms with E-state index in [0.717, 1.165) is 12.8 Å². The molecule has 3 N–H and O–H groups in total. The molecule has 0 radical (unpaired) electrons. The van der Waals surface area contributed by atoms with Gasteiger partial charge in [0.25, 0.3) is 0 Å². The van der Waals surface area contributed by atoms with E-state index < -0.39 is 18.5 Å². The summed E-state index contributed by atoms with van der Waals surface area (Å²) in [6.07, 6.45) is -2.95. The van der Waals surface area contributed by atoms with Gasteiger partial charge < -0.3 is 11.1 Å². The molecule has 15 heavy (non-hydrogen) atoms. The van der Waals surface area contributed by atoms with Gasteiger partial charge in [-0.05, 0) is 25.7 Å². The predicted molar refractivity (Wildman–Crippen MR) is 49.0 cm³/mol. The zero-order valence-corrected chi connectivity index (χ0v) is 8.31. The van der Waals surface area contributed by atoms with Crippen LogP contribution in [0.25, 0.3) is 0 Å². The van der Waals surface area contributed by atoms with E-state index in [1.807, 2.05) is 0 Å². The van der Waals surface area contributed by atoms with Crippen molar-refractivity contribution in [3.63, 3.8) is 0 Å². The van der Waals surface area contributed by atoms with Crippen molar-refractivity contribution in [2.45, 2.75) is 50.4 Å². The maximum absolute atomic E-state index is 11.8. The van der Waals surface area contributed by atoms with E-state index in [4.69, 9.17) is 5.73 Å². The minimum absolute atomic E-state index is 0.126. The van der Waals surface area contributed by atoms with Crippen molar-refractivity contribution < 1.29 is 18.0 Å². The summed E-state index contributed by atoms with van der Waals surface area (Å²) >= 11 is 0. The van der Waals surface area contributed by atoms with Crippen LogP contribution >= 0.6 is 0 Å². The molecule has 0 aliphatic heterocycles. The first-order valence-electron chi connectivity index (χ1n) is 4.98. The van der Waals surface area contributed by atoms with Gasteiger partial charge >= 0.3 is 6.18 Å². The monoisotopic (exact) mass is 224 g/mol. The average Bonchev–Trinajstić information content (AvgIpc) is 2.05. The summed E-state index contributed by atoms with van der Waals surface area (Å²) in [6.45, 7) is 0. The standard InChI is InChI=1S/C9H15F3N2O/c10-9(11,12)5-8(15)14-7-3-1-6(13)2-4-7/h6-7H,1-5,13H2,(H,14,15). The SMILES string of the molecule is NC1CCC(NC(=O)CC(F)(F)F)CC1. The Morgan fingerprint density at radius 3 is 2.27 bits per heavy atom. The van der Waals surface area contributed by atoms with Crippen LogP contribution < -0.4 is 11.1 Å². The first-order valence-corrected chi connectivity index (χ1v) is 4.98. The summed E-state index contributed by atoms with van der Waals surface area (Å²) in [7, 11) is 0. The molecule has 0 spiro atoms. The molecule has 0 aromatic carbocycles. The number of halogens is 3. The molecule has 0 unspecified atom stereocenters. The quantitative estimate of drug-likeness (QED) is 0.743. The van der Waals surface area contributed by atoms with Crippen LogP contribution in [0.15, 0.2) is 0 Å². The Hall–Kier alpha value is -0.780. The van der Waals surface area contributed by atoms with Crippen molar-refractivity contribution in [3.05, 3.63) is 0 Å². The third-order valence-electron chi connectivity index (χ3n) is 2.50. The lowest BCUT2D eigenvalue weighted by atomic mass is 9.92. The van der Waals surface area contributed by atoms with Crippen LogP contribution in [0.3, 0.4) is 0 Å². The first kappa shape index (κ1) is 12.3. The topological polar surface area (TPSA) is 55.1 Å². The van der Waals surface area contributed by atoms with E-state index in [2.05, 4.69) is 5.32 Å². The van der Waals surface area contributed by atoms with Crippen molar-refractivity contribution in [2.24, 2.45) is 5.73 Å². The van der Waals surface area contributed by atoms with E-state index in [0.29, 0.717) is 12.8 Å². The number of amides is 1. The van der Waals surface area contributed by atoms with Gasteiger partial charge in [0, 0.05) is 12.1 Å². The summed E-state index contributed by atoms with van der Waals surface area (Å²) < 4.78 is 35.5. The lowest BCUT2D eigenvalue weighted by Crippen LogP contribution is -2.41. The lowest BCUT2D eigenvalue weighted by Gasteiger charge is -2.26. The zero-order valence-electron chi connectivity index (χ0n) is 8.31. The first-order chi connectivity index (χ1) is 6.87. The van der Waals surface area contributed by atoms with Crippen LogP contribution in [0.5, 0.6) is 0 Å². The molecule has 0 aromatic rings. The maximum Gasteiger partial charge on any atom is 0.397 e. The van der Waals surface area contributed by atoms with Crippen LogP contribution in [-0.4, -0.2) is 24.2 Å². The third kappa shape index (κ3) is 5.01. The fourth-order valence-corrected chi connectivity index (χ4v) is 1.72.